The first-order chi connectivity index (χ1) is 9.11. The van der Waals surface area contributed by atoms with Crippen molar-refractivity contribution in [1.29, 1.82) is 0 Å². The van der Waals surface area contributed by atoms with Crippen LogP contribution in [0.4, 0.5) is 15.9 Å². The molecule has 0 unspecified atom stereocenters. The summed E-state index contributed by atoms with van der Waals surface area (Å²) in [6.45, 7) is 3.79. The average molecular weight is 280 g/mol. The van der Waals surface area contributed by atoms with Crippen molar-refractivity contribution in [3.8, 4) is 0 Å². The lowest BCUT2D eigenvalue weighted by Crippen LogP contribution is -2.01. The van der Waals surface area contributed by atoms with Gasteiger partial charge < -0.3 is 5.32 Å². The zero-order valence-electron chi connectivity index (χ0n) is 10.9. The van der Waals surface area contributed by atoms with Crippen LogP contribution in [0.1, 0.15) is 24.5 Å². The fraction of sp³-hybridized carbons (Fsp3) is 0.286. The predicted octanol–water partition coefficient (Wildman–Crippen LogP) is 4.27. The van der Waals surface area contributed by atoms with Crippen LogP contribution in [0.15, 0.2) is 24.5 Å². The van der Waals surface area contributed by atoms with Gasteiger partial charge >= 0.3 is 0 Å². The molecule has 3 nitrogen and oxygen atoms in total. The second-order valence-corrected chi connectivity index (χ2v) is 4.69. The SMILES string of the molecule is CCCc1c(Cl)ncnc1Nc1ccc(F)c(C)c1. The molecule has 0 saturated heterocycles. The van der Waals surface area contributed by atoms with Crippen LogP contribution < -0.4 is 5.32 Å². The lowest BCUT2D eigenvalue weighted by Gasteiger charge is -2.11. The Kier molecular flexibility index (Phi) is 4.32. The molecular formula is C14H15ClFN3. The standard InChI is InChI=1S/C14H15ClFN3/c1-3-4-11-13(15)17-8-18-14(11)19-10-5-6-12(16)9(2)7-10/h5-8H,3-4H2,1-2H3,(H,17,18,19). The Balaban J connectivity index is 2.32. The molecule has 2 aromatic rings. The van der Waals surface area contributed by atoms with E-state index < -0.39 is 0 Å². The molecule has 0 atom stereocenters. The van der Waals surface area contributed by atoms with Gasteiger partial charge in [0, 0.05) is 11.3 Å². The molecule has 19 heavy (non-hydrogen) atoms. The van der Waals surface area contributed by atoms with E-state index in [4.69, 9.17) is 11.6 Å². The number of halogens is 2. The van der Waals surface area contributed by atoms with Crippen LogP contribution in [-0.2, 0) is 6.42 Å². The van der Waals surface area contributed by atoms with Gasteiger partial charge in [-0.2, -0.15) is 0 Å². The fourth-order valence-corrected chi connectivity index (χ4v) is 2.06. The number of aryl methyl sites for hydroxylation is 1. The van der Waals surface area contributed by atoms with Crippen molar-refractivity contribution >= 4 is 23.1 Å². The van der Waals surface area contributed by atoms with Crippen LogP contribution in [0.2, 0.25) is 5.15 Å². The van der Waals surface area contributed by atoms with Crippen molar-refractivity contribution in [2.75, 3.05) is 5.32 Å². The van der Waals surface area contributed by atoms with Gasteiger partial charge in [0.15, 0.2) is 0 Å². The van der Waals surface area contributed by atoms with E-state index in [-0.39, 0.29) is 5.82 Å². The predicted molar refractivity (Wildman–Crippen MR) is 75.5 cm³/mol. The van der Waals surface area contributed by atoms with Gasteiger partial charge in [0.05, 0.1) is 0 Å². The molecule has 100 valence electrons. The summed E-state index contributed by atoms with van der Waals surface area (Å²) in [6.07, 6.45) is 3.16. The minimum absolute atomic E-state index is 0.222. The summed E-state index contributed by atoms with van der Waals surface area (Å²) in [5.41, 5.74) is 2.25. The molecule has 0 amide bonds. The van der Waals surface area contributed by atoms with Crippen molar-refractivity contribution in [3.05, 3.63) is 46.6 Å². The van der Waals surface area contributed by atoms with Gasteiger partial charge in [0.1, 0.15) is 23.1 Å². The summed E-state index contributed by atoms with van der Waals surface area (Å²) in [6, 6.07) is 4.84. The number of nitrogens with zero attached hydrogens (tertiary/aromatic N) is 2. The Labute approximate surface area is 116 Å². The first-order valence-electron chi connectivity index (χ1n) is 6.14. The summed E-state index contributed by atoms with van der Waals surface area (Å²) in [5, 5.41) is 3.62. The first kappa shape index (κ1) is 13.7. The smallest absolute Gasteiger partial charge is 0.138 e. The quantitative estimate of drug-likeness (QED) is 0.849. The maximum Gasteiger partial charge on any atom is 0.138 e. The lowest BCUT2D eigenvalue weighted by atomic mass is 10.1. The lowest BCUT2D eigenvalue weighted by molar-refractivity contribution is 0.619. The van der Waals surface area contributed by atoms with E-state index in [0.29, 0.717) is 16.5 Å². The Morgan fingerprint density at radius 1 is 1.32 bits per heavy atom. The van der Waals surface area contributed by atoms with Crippen molar-refractivity contribution in [2.45, 2.75) is 26.7 Å². The Morgan fingerprint density at radius 3 is 2.79 bits per heavy atom. The second kappa shape index (κ2) is 5.97. The number of aromatic nitrogens is 2. The Bertz CT molecular complexity index is 587. The van der Waals surface area contributed by atoms with E-state index in [1.807, 2.05) is 0 Å². The van der Waals surface area contributed by atoms with Gasteiger partial charge in [-0.1, -0.05) is 24.9 Å². The first-order valence-corrected chi connectivity index (χ1v) is 6.52. The normalized spacial score (nSPS) is 10.5. The second-order valence-electron chi connectivity index (χ2n) is 4.33. The molecule has 0 aliphatic carbocycles. The molecule has 1 aromatic heterocycles. The minimum Gasteiger partial charge on any atom is -0.340 e. The summed E-state index contributed by atoms with van der Waals surface area (Å²) in [4.78, 5) is 8.19. The number of hydrogen-bond donors (Lipinski definition) is 1. The van der Waals surface area contributed by atoms with E-state index in [0.717, 1.165) is 24.1 Å². The van der Waals surface area contributed by atoms with Crippen LogP contribution in [0.5, 0.6) is 0 Å². The summed E-state index contributed by atoms with van der Waals surface area (Å²) in [5.74, 6) is 0.452. The van der Waals surface area contributed by atoms with Crippen molar-refractivity contribution in [3.63, 3.8) is 0 Å². The van der Waals surface area contributed by atoms with Crippen LogP contribution in [0, 0.1) is 12.7 Å². The molecule has 0 radical (unpaired) electrons. The third-order valence-corrected chi connectivity index (χ3v) is 3.14. The zero-order chi connectivity index (χ0) is 13.8. The van der Waals surface area contributed by atoms with Crippen LogP contribution >= 0.6 is 11.6 Å². The van der Waals surface area contributed by atoms with Crippen LogP contribution in [0.3, 0.4) is 0 Å². The number of hydrogen-bond acceptors (Lipinski definition) is 3. The van der Waals surface area contributed by atoms with E-state index in [1.54, 1.807) is 19.1 Å². The fourth-order valence-electron chi connectivity index (χ4n) is 1.83. The summed E-state index contributed by atoms with van der Waals surface area (Å²) in [7, 11) is 0. The van der Waals surface area contributed by atoms with Gasteiger partial charge in [-0.25, -0.2) is 14.4 Å². The molecule has 2 rings (SSSR count). The molecule has 0 bridgehead atoms. The maximum absolute atomic E-state index is 13.2. The maximum atomic E-state index is 13.2. The molecule has 0 aliphatic rings. The topological polar surface area (TPSA) is 37.8 Å². The number of anilines is 2. The summed E-state index contributed by atoms with van der Waals surface area (Å²) < 4.78 is 13.2. The van der Waals surface area contributed by atoms with Crippen LogP contribution in [-0.4, -0.2) is 9.97 Å². The van der Waals surface area contributed by atoms with Gasteiger partial charge in [-0.05, 0) is 37.1 Å². The number of rotatable bonds is 4. The largest absolute Gasteiger partial charge is 0.340 e. The van der Waals surface area contributed by atoms with Crippen molar-refractivity contribution < 1.29 is 4.39 Å². The Morgan fingerprint density at radius 2 is 2.11 bits per heavy atom. The molecule has 0 fully saturated rings. The highest BCUT2D eigenvalue weighted by Gasteiger charge is 2.09. The number of benzene rings is 1. The van der Waals surface area contributed by atoms with E-state index >= 15 is 0 Å². The molecule has 0 aliphatic heterocycles. The van der Waals surface area contributed by atoms with E-state index in [9.17, 15) is 4.39 Å². The third kappa shape index (κ3) is 3.20. The molecule has 1 N–H and O–H groups in total. The molecule has 0 spiro atoms. The van der Waals surface area contributed by atoms with E-state index in [1.165, 1.54) is 12.4 Å². The highest BCUT2D eigenvalue weighted by molar-refractivity contribution is 6.30. The van der Waals surface area contributed by atoms with Crippen molar-refractivity contribution in [1.82, 2.24) is 9.97 Å². The molecule has 0 saturated carbocycles. The van der Waals surface area contributed by atoms with E-state index in [2.05, 4.69) is 22.2 Å². The molecular weight excluding hydrogens is 265 g/mol. The Hall–Kier alpha value is -1.68. The van der Waals surface area contributed by atoms with Gasteiger partial charge in [0.25, 0.3) is 0 Å². The minimum atomic E-state index is -0.222. The van der Waals surface area contributed by atoms with Crippen LogP contribution in [0.25, 0.3) is 0 Å². The highest BCUT2D eigenvalue weighted by atomic mass is 35.5. The average Bonchev–Trinajstić information content (AvgIpc) is 2.38. The number of nitrogens with one attached hydrogen (secondary N) is 1. The molecule has 1 aromatic carbocycles. The summed E-state index contributed by atoms with van der Waals surface area (Å²) >= 11 is 6.08. The van der Waals surface area contributed by atoms with Gasteiger partial charge in [-0.3, -0.25) is 0 Å². The molecule has 1 heterocycles. The van der Waals surface area contributed by atoms with Gasteiger partial charge in [0.2, 0.25) is 0 Å². The third-order valence-electron chi connectivity index (χ3n) is 2.81. The molecule has 5 heteroatoms. The highest BCUT2D eigenvalue weighted by Crippen LogP contribution is 2.25. The van der Waals surface area contributed by atoms with Crippen molar-refractivity contribution in [2.24, 2.45) is 0 Å². The van der Waals surface area contributed by atoms with Gasteiger partial charge in [-0.15, -0.1) is 0 Å². The monoisotopic (exact) mass is 279 g/mol. The zero-order valence-corrected chi connectivity index (χ0v) is 11.6.